The van der Waals surface area contributed by atoms with Crippen molar-refractivity contribution in [3.8, 4) is 0 Å². The summed E-state index contributed by atoms with van der Waals surface area (Å²) in [5.41, 5.74) is 3.26. The first-order chi connectivity index (χ1) is 6.75. The van der Waals surface area contributed by atoms with Crippen LogP contribution in [0.2, 0.25) is 0 Å². The van der Waals surface area contributed by atoms with Crippen LogP contribution in [0.4, 0.5) is 0 Å². The molecule has 0 fully saturated rings. The lowest BCUT2D eigenvalue weighted by atomic mass is 10.1. The summed E-state index contributed by atoms with van der Waals surface area (Å²) in [5, 5.41) is 3.31. The first-order valence-electron chi connectivity index (χ1n) is 5.00. The third kappa shape index (κ3) is 1.92. The van der Waals surface area contributed by atoms with Crippen molar-refractivity contribution in [2.24, 2.45) is 4.99 Å². The highest BCUT2D eigenvalue weighted by molar-refractivity contribution is 5.99. The monoisotopic (exact) mass is 189 g/mol. The summed E-state index contributed by atoms with van der Waals surface area (Å²) in [6.45, 7) is 5.99. The van der Waals surface area contributed by atoms with Crippen molar-refractivity contribution < 1.29 is 0 Å². The molecule has 0 bridgehead atoms. The lowest BCUT2D eigenvalue weighted by molar-refractivity contribution is 0.742. The molecule has 74 valence electrons. The van der Waals surface area contributed by atoms with Gasteiger partial charge >= 0.3 is 0 Å². The highest BCUT2D eigenvalue weighted by Crippen LogP contribution is 2.07. The Bertz CT molecular complexity index is 349. The fourth-order valence-electron chi connectivity index (χ4n) is 1.70. The average Bonchev–Trinajstić information content (AvgIpc) is 2.18. The summed E-state index contributed by atoms with van der Waals surface area (Å²) in [6, 6.07) is 4.15. The van der Waals surface area contributed by atoms with E-state index in [4.69, 9.17) is 0 Å². The van der Waals surface area contributed by atoms with E-state index < -0.39 is 0 Å². The Labute approximate surface area is 84.3 Å². The number of aromatic nitrogens is 1. The molecule has 0 aliphatic carbocycles. The van der Waals surface area contributed by atoms with Crippen molar-refractivity contribution in [1.82, 2.24) is 10.3 Å². The van der Waals surface area contributed by atoms with E-state index in [0.717, 1.165) is 42.3 Å². The molecule has 3 nitrogen and oxygen atoms in total. The third-order valence-electron chi connectivity index (χ3n) is 2.25. The van der Waals surface area contributed by atoms with Gasteiger partial charge in [-0.15, -0.1) is 0 Å². The Kier molecular flexibility index (Phi) is 2.48. The zero-order chi connectivity index (χ0) is 9.97. The van der Waals surface area contributed by atoms with Crippen LogP contribution in [0.15, 0.2) is 17.1 Å². The Hall–Kier alpha value is -1.38. The summed E-state index contributed by atoms with van der Waals surface area (Å²) < 4.78 is 0. The number of rotatable bonds is 1. The van der Waals surface area contributed by atoms with Gasteiger partial charge in [0.1, 0.15) is 5.84 Å². The van der Waals surface area contributed by atoms with Crippen molar-refractivity contribution in [2.75, 3.05) is 13.1 Å². The molecule has 1 N–H and O–H groups in total. The van der Waals surface area contributed by atoms with E-state index in [9.17, 15) is 0 Å². The number of nitrogens with one attached hydrogen (secondary N) is 1. The number of hydrogen-bond acceptors (Lipinski definition) is 3. The first-order valence-corrected chi connectivity index (χ1v) is 5.00. The van der Waals surface area contributed by atoms with Gasteiger partial charge in [-0.2, -0.15) is 0 Å². The Morgan fingerprint density at radius 2 is 1.93 bits per heavy atom. The Morgan fingerprint density at radius 1 is 1.21 bits per heavy atom. The van der Waals surface area contributed by atoms with Crippen LogP contribution in [-0.2, 0) is 0 Å². The Balaban J connectivity index is 2.35. The molecule has 1 aromatic rings. The fraction of sp³-hybridized carbons (Fsp3) is 0.455. The maximum Gasteiger partial charge on any atom is 0.128 e. The average molecular weight is 189 g/mol. The fourth-order valence-corrected chi connectivity index (χ4v) is 1.70. The van der Waals surface area contributed by atoms with Crippen LogP contribution < -0.4 is 5.32 Å². The third-order valence-corrected chi connectivity index (χ3v) is 2.25. The minimum Gasteiger partial charge on any atom is -0.370 e. The zero-order valence-electron chi connectivity index (χ0n) is 8.67. The first kappa shape index (κ1) is 9.19. The summed E-state index contributed by atoms with van der Waals surface area (Å²) in [6.07, 6.45) is 1.13. The van der Waals surface area contributed by atoms with Gasteiger partial charge in [0.25, 0.3) is 0 Å². The van der Waals surface area contributed by atoms with Gasteiger partial charge in [-0.05, 0) is 32.4 Å². The van der Waals surface area contributed by atoms with E-state index in [2.05, 4.69) is 27.4 Å². The second-order valence-corrected chi connectivity index (χ2v) is 3.65. The molecule has 0 unspecified atom stereocenters. The largest absolute Gasteiger partial charge is 0.370 e. The predicted molar refractivity (Wildman–Crippen MR) is 57.7 cm³/mol. The van der Waals surface area contributed by atoms with Gasteiger partial charge in [0, 0.05) is 30.0 Å². The molecule has 0 saturated heterocycles. The Morgan fingerprint density at radius 3 is 2.50 bits per heavy atom. The van der Waals surface area contributed by atoms with E-state index in [0.29, 0.717) is 0 Å². The lowest BCUT2D eigenvalue weighted by Gasteiger charge is -2.15. The molecular weight excluding hydrogens is 174 g/mol. The van der Waals surface area contributed by atoms with Crippen molar-refractivity contribution in [3.63, 3.8) is 0 Å². The van der Waals surface area contributed by atoms with E-state index in [1.165, 1.54) is 0 Å². The molecule has 14 heavy (non-hydrogen) atoms. The van der Waals surface area contributed by atoms with Crippen LogP contribution in [0.3, 0.4) is 0 Å². The lowest BCUT2D eigenvalue weighted by Crippen LogP contribution is -2.30. The van der Waals surface area contributed by atoms with Gasteiger partial charge in [0.05, 0.1) is 0 Å². The molecule has 2 rings (SSSR count). The van der Waals surface area contributed by atoms with Crippen LogP contribution in [0, 0.1) is 13.8 Å². The van der Waals surface area contributed by atoms with E-state index in [1.54, 1.807) is 0 Å². The molecule has 0 amide bonds. The SMILES string of the molecule is Cc1cc(C2=NCCCN2)cc(C)n1. The summed E-state index contributed by atoms with van der Waals surface area (Å²) in [5.74, 6) is 1.02. The zero-order valence-corrected chi connectivity index (χ0v) is 8.67. The van der Waals surface area contributed by atoms with Crippen molar-refractivity contribution in [1.29, 1.82) is 0 Å². The molecule has 0 saturated carbocycles. The van der Waals surface area contributed by atoms with Crippen molar-refractivity contribution >= 4 is 5.84 Å². The smallest absolute Gasteiger partial charge is 0.128 e. The summed E-state index contributed by atoms with van der Waals surface area (Å²) in [7, 11) is 0. The van der Waals surface area contributed by atoms with E-state index >= 15 is 0 Å². The van der Waals surface area contributed by atoms with Crippen LogP contribution in [-0.4, -0.2) is 23.9 Å². The highest BCUT2D eigenvalue weighted by atomic mass is 15.0. The highest BCUT2D eigenvalue weighted by Gasteiger charge is 2.07. The predicted octanol–water partition coefficient (Wildman–Crippen LogP) is 1.44. The van der Waals surface area contributed by atoms with Gasteiger partial charge in [0.2, 0.25) is 0 Å². The van der Waals surface area contributed by atoms with Crippen LogP contribution in [0.25, 0.3) is 0 Å². The minimum atomic E-state index is 0.933. The van der Waals surface area contributed by atoms with Gasteiger partial charge in [-0.3, -0.25) is 9.98 Å². The minimum absolute atomic E-state index is 0.933. The van der Waals surface area contributed by atoms with Crippen molar-refractivity contribution in [3.05, 3.63) is 29.1 Å². The van der Waals surface area contributed by atoms with Gasteiger partial charge in [-0.25, -0.2) is 0 Å². The van der Waals surface area contributed by atoms with E-state index in [1.807, 2.05) is 13.8 Å². The number of nitrogens with zero attached hydrogens (tertiary/aromatic N) is 2. The van der Waals surface area contributed by atoms with Gasteiger partial charge in [-0.1, -0.05) is 0 Å². The molecule has 0 spiro atoms. The molecule has 1 aromatic heterocycles. The number of aliphatic imine (C=N–C) groups is 1. The van der Waals surface area contributed by atoms with Crippen LogP contribution >= 0.6 is 0 Å². The standard InChI is InChI=1S/C11H15N3/c1-8-6-10(7-9(2)14-8)11-12-4-3-5-13-11/h6-7H,3-5H2,1-2H3,(H,12,13). The molecule has 1 aliphatic heterocycles. The van der Waals surface area contributed by atoms with Gasteiger partial charge < -0.3 is 5.32 Å². The summed E-state index contributed by atoms with van der Waals surface area (Å²) >= 11 is 0. The normalized spacial score (nSPS) is 16.0. The second kappa shape index (κ2) is 3.78. The van der Waals surface area contributed by atoms with Crippen molar-refractivity contribution in [2.45, 2.75) is 20.3 Å². The number of pyridine rings is 1. The quantitative estimate of drug-likeness (QED) is 0.725. The number of hydrogen-bond donors (Lipinski definition) is 1. The van der Waals surface area contributed by atoms with Crippen LogP contribution in [0.5, 0.6) is 0 Å². The maximum atomic E-state index is 4.46. The topological polar surface area (TPSA) is 37.3 Å². The number of amidine groups is 1. The molecule has 2 heterocycles. The van der Waals surface area contributed by atoms with Gasteiger partial charge in [0.15, 0.2) is 0 Å². The van der Waals surface area contributed by atoms with E-state index in [-0.39, 0.29) is 0 Å². The molecule has 0 radical (unpaired) electrons. The molecule has 0 atom stereocenters. The molecule has 1 aliphatic rings. The molecular formula is C11H15N3. The number of aryl methyl sites for hydroxylation is 2. The molecule has 0 aromatic carbocycles. The molecule has 3 heteroatoms. The van der Waals surface area contributed by atoms with Crippen LogP contribution in [0.1, 0.15) is 23.4 Å². The maximum absolute atomic E-state index is 4.46. The second-order valence-electron chi connectivity index (χ2n) is 3.65. The summed E-state index contributed by atoms with van der Waals surface area (Å²) in [4.78, 5) is 8.81.